The Bertz CT molecular complexity index is 220. The van der Waals surface area contributed by atoms with Crippen LogP contribution >= 0.6 is 0 Å². The van der Waals surface area contributed by atoms with Gasteiger partial charge >= 0.3 is 0 Å². The zero-order chi connectivity index (χ0) is 11.4. The van der Waals surface area contributed by atoms with E-state index in [0.717, 1.165) is 18.9 Å². The zero-order valence-corrected chi connectivity index (χ0v) is 10.2. The minimum Gasteiger partial charge on any atom is -0.381 e. The second-order valence-corrected chi connectivity index (χ2v) is 5.09. The molecule has 0 heterocycles. The number of nitrogens with zero attached hydrogens (tertiary/aromatic N) is 1. The molecular formula is C13H23NO2. The molecule has 0 radical (unpaired) electrons. The quantitative estimate of drug-likeness (QED) is 0.648. The normalized spacial score (nSPS) is 30.6. The van der Waals surface area contributed by atoms with Gasteiger partial charge in [-0.05, 0) is 38.5 Å². The summed E-state index contributed by atoms with van der Waals surface area (Å²) >= 11 is 0. The van der Waals surface area contributed by atoms with Gasteiger partial charge in [-0.3, -0.25) is 4.90 Å². The number of ether oxygens (including phenoxy) is 1. The molecule has 0 aromatic rings. The van der Waals surface area contributed by atoms with Crippen LogP contribution < -0.4 is 0 Å². The Balaban J connectivity index is 1.81. The highest BCUT2D eigenvalue weighted by atomic mass is 16.5. The third kappa shape index (κ3) is 3.05. The summed E-state index contributed by atoms with van der Waals surface area (Å²) in [5, 5.41) is 0. The van der Waals surface area contributed by atoms with E-state index in [1.54, 1.807) is 0 Å². The van der Waals surface area contributed by atoms with Crippen LogP contribution in [0.15, 0.2) is 0 Å². The minimum absolute atomic E-state index is 0.475. The van der Waals surface area contributed by atoms with E-state index in [-0.39, 0.29) is 0 Å². The Kier molecular flexibility index (Phi) is 4.36. The molecule has 0 saturated heterocycles. The van der Waals surface area contributed by atoms with Gasteiger partial charge in [0.25, 0.3) is 0 Å². The molecule has 0 bridgehead atoms. The molecule has 0 atom stereocenters. The van der Waals surface area contributed by atoms with Gasteiger partial charge in [0.1, 0.15) is 6.29 Å². The van der Waals surface area contributed by atoms with Gasteiger partial charge in [-0.1, -0.05) is 0 Å². The van der Waals surface area contributed by atoms with Crippen LogP contribution in [0.1, 0.15) is 44.9 Å². The molecule has 0 amide bonds. The van der Waals surface area contributed by atoms with Crippen LogP contribution in [0.2, 0.25) is 0 Å². The van der Waals surface area contributed by atoms with E-state index in [1.165, 1.54) is 38.5 Å². The molecule has 2 saturated carbocycles. The number of methoxy groups -OCH3 is 1. The first-order chi connectivity index (χ1) is 7.85. The molecule has 0 spiro atoms. The second-order valence-electron chi connectivity index (χ2n) is 5.09. The summed E-state index contributed by atoms with van der Waals surface area (Å²) < 4.78 is 5.40. The van der Waals surface area contributed by atoms with Crippen LogP contribution in [0.3, 0.4) is 0 Å². The molecule has 0 unspecified atom stereocenters. The third-order valence-electron chi connectivity index (χ3n) is 3.97. The van der Waals surface area contributed by atoms with Crippen molar-refractivity contribution in [2.24, 2.45) is 0 Å². The van der Waals surface area contributed by atoms with Crippen molar-refractivity contribution < 1.29 is 9.53 Å². The fourth-order valence-electron chi connectivity index (χ4n) is 2.88. The summed E-state index contributed by atoms with van der Waals surface area (Å²) in [6, 6.07) is 1.49. The zero-order valence-electron chi connectivity index (χ0n) is 10.2. The van der Waals surface area contributed by atoms with Crippen molar-refractivity contribution in [3.8, 4) is 0 Å². The van der Waals surface area contributed by atoms with Crippen molar-refractivity contribution in [2.45, 2.75) is 63.1 Å². The maximum Gasteiger partial charge on any atom is 0.121 e. The minimum atomic E-state index is 0.475. The molecule has 2 rings (SSSR count). The molecular weight excluding hydrogens is 202 g/mol. The average Bonchev–Trinajstić information content (AvgIpc) is 3.15. The van der Waals surface area contributed by atoms with Crippen molar-refractivity contribution in [2.75, 3.05) is 13.7 Å². The molecule has 0 aliphatic heterocycles. The number of rotatable bonds is 6. The summed E-state index contributed by atoms with van der Waals surface area (Å²) in [6.45, 7) is 0.969. The largest absolute Gasteiger partial charge is 0.381 e. The van der Waals surface area contributed by atoms with Crippen LogP contribution in [0.25, 0.3) is 0 Å². The van der Waals surface area contributed by atoms with Crippen LogP contribution in [0.4, 0.5) is 0 Å². The average molecular weight is 225 g/mol. The lowest BCUT2D eigenvalue weighted by Crippen LogP contribution is -2.41. The number of carbonyl (C=O) groups is 1. The second kappa shape index (κ2) is 5.78. The van der Waals surface area contributed by atoms with Gasteiger partial charge in [-0.2, -0.15) is 0 Å². The number of carbonyl (C=O) groups excluding carboxylic acids is 1. The van der Waals surface area contributed by atoms with E-state index in [2.05, 4.69) is 4.90 Å². The van der Waals surface area contributed by atoms with E-state index in [1.807, 2.05) is 7.11 Å². The highest BCUT2D eigenvalue weighted by Crippen LogP contribution is 2.34. The van der Waals surface area contributed by atoms with Crippen LogP contribution in [0, 0.1) is 0 Å². The third-order valence-corrected chi connectivity index (χ3v) is 3.97. The van der Waals surface area contributed by atoms with Gasteiger partial charge in [0.05, 0.1) is 6.10 Å². The highest BCUT2D eigenvalue weighted by Gasteiger charge is 2.35. The molecule has 3 heteroatoms. The van der Waals surface area contributed by atoms with Crippen molar-refractivity contribution in [1.82, 2.24) is 4.90 Å². The lowest BCUT2D eigenvalue weighted by molar-refractivity contribution is -0.108. The van der Waals surface area contributed by atoms with Gasteiger partial charge in [-0.15, -0.1) is 0 Å². The summed E-state index contributed by atoms with van der Waals surface area (Å²) in [4.78, 5) is 13.1. The molecule has 0 aromatic heterocycles. The first-order valence-corrected chi connectivity index (χ1v) is 6.57. The lowest BCUT2D eigenvalue weighted by Gasteiger charge is -2.36. The maximum absolute atomic E-state index is 10.5. The smallest absolute Gasteiger partial charge is 0.121 e. The van der Waals surface area contributed by atoms with Gasteiger partial charge in [-0.25, -0.2) is 0 Å². The topological polar surface area (TPSA) is 29.5 Å². The molecule has 3 nitrogen and oxygen atoms in total. The van der Waals surface area contributed by atoms with Gasteiger partial charge in [0.15, 0.2) is 0 Å². The van der Waals surface area contributed by atoms with Crippen molar-refractivity contribution >= 4 is 6.29 Å². The van der Waals surface area contributed by atoms with Crippen molar-refractivity contribution in [3.05, 3.63) is 0 Å². The summed E-state index contributed by atoms with van der Waals surface area (Å²) in [5.41, 5.74) is 0. The molecule has 2 aliphatic carbocycles. The van der Waals surface area contributed by atoms with E-state index in [9.17, 15) is 4.79 Å². The first kappa shape index (κ1) is 12.1. The Morgan fingerprint density at radius 3 is 2.12 bits per heavy atom. The van der Waals surface area contributed by atoms with Crippen molar-refractivity contribution in [3.63, 3.8) is 0 Å². The van der Waals surface area contributed by atoms with Gasteiger partial charge in [0, 0.05) is 32.2 Å². The van der Waals surface area contributed by atoms with E-state index < -0.39 is 0 Å². The fourth-order valence-corrected chi connectivity index (χ4v) is 2.88. The summed E-state index contributed by atoms with van der Waals surface area (Å²) in [6.07, 6.45) is 9.75. The summed E-state index contributed by atoms with van der Waals surface area (Å²) in [5.74, 6) is 0. The predicted molar refractivity (Wildman–Crippen MR) is 63.5 cm³/mol. The van der Waals surface area contributed by atoms with E-state index in [0.29, 0.717) is 18.6 Å². The first-order valence-electron chi connectivity index (χ1n) is 6.57. The molecule has 0 aromatic carbocycles. The van der Waals surface area contributed by atoms with Crippen LogP contribution in [-0.2, 0) is 9.53 Å². The molecule has 0 N–H and O–H groups in total. The number of hydrogen-bond donors (Lipinski definition) is 0. The Labute approximate surface area is 98.1 Å². The standard InChI is InChI=1S/C13H23NO2/c1-16-13-7-5-12(6-8-13)14(9-2-10-15)11-3-4-11/h10-13H,2-9H2,1H3. The number of aldehydes is 1. The Morgan fingerprint density at radius 1 is 1.12 bits per heavy atom. The Morgan fingerprint density at radius 2 is 1.69 bits per heavy atom. The highest BCUT2D eigenvalue weighted by molar-refractivity contribution is 5.49. The van der Waals surface area contributed by atoms with Gasteiger partial charge in [0.2, 0.25) is 0 Å². The lowest BCUT2D eigenvalue weighted by atomic mass is 9.91. The molecule has 92 valence electrons. The maximum atomic E-state index is 10.5. The number of hydrogen-bond acceptors (Lipinski definition) is 3. The molecule has 2 aliphatic rings. The summed E-state index contributed by atoms with van der Waals surface area (Å²) in [7, 11) is 1.82. The van der Waals surface area contributed by atoms with Crippen molar-refractivity contribution in [1.29, 1.82) is 0 Å². The van der Waals surface area contributed by atoms with E-state index in [4.69, 9.17) is 4.74 Å². The Hall–Kier alpha value is -0.410. The monoisotopic (exact) mass is 225 g/mol. The van der Waals surface area contributed by atoms with Crippen LogP contribution in [0.5, 0.6) is 0 Å². The molecule has 2 fully saturated rings. The van der Waals surface area contributed by atoms with Gasteiger partial charge < -0.3 is 9.53 Å². The molecule has 16 heavy (non-hydrogen) atoms. The van der Waals surface area contributed by atoms with E-state index >= 15 is 0 Å². The fraction of sp³-hybridized carbons (Fsp3) is 0.923. The predicted octanol–water partition coefficient (Wildman–Crippen LogP) is 2.00. The SMILES string of the molecule is COC1CCC(N(CCC=O)C2CC2)CC1. The van der Waals surface area contributed by atoms with Crippen LogP contribution in [-0.4, -0.2) is 43.0 Å².